The first-order valence-electron chi connectivity index (χ1n) is 9.95. The Morgan fingerprint density at radius 2 is 1.75 bits per heavy atom. The minimum atomic E-state index is -3.76. The highest BCUT2D eigenvalue weighted by Gasteiger charge is 2.30. The Labute approximate surface area is 190 Å². The van der Waals surface area contributed by atoms with E-state index in [9.17, 15) is 22.8 Å². The van der Waals surface area contributed by atoms with E-state index in [4.69, 9.17) is 4.74 Å². The van der Waals surface area contributed by atoms with Crippen molar-refractivity contribution in [2.75, 3.05) is 38.1 Å². The number of hydrogen-bond acceptors (Lipinski definition) is 8. The Bertz CT molecular complexity index is 1120. The van der Waals surface area contributed by atoms with Crippen LogP contribution in [0.2, 0.25) is 0 Å². The molecule has 1 aromatic carbocycles. The molecular formula is C20H24N4O6S2. The van der Waals surface area contributed by atoms with Gasteiger partial charge in [-0.1, -0.05) is 11.3 Å². The van der Waals surface area contributed by atoms with Crippen LogP contribution in [0.3, 0.4) is 0 Å². The summed E-state index contributed by atoms with van der Waals surface area (Å²) in [6, 6.07) is 5.58. The van der Waals surface area contributed by atoms with Crippen molar-refractivity contribution < 1.29 is 27.5 Å². The van der Waals surface area contributed by atoms with Gasteiger partial charge in [-0.05, 0) is 38.1 Å². The minimum Gasteiger partial charge on any atom is -0.450 e. The van der Waals surface area contributed by atoms with Gasteiger partial charge in [0.1, 0.15) is 0 Å². The van der Waals surface area contributed by atoms with Gasteiger partial charge in [0.15, 0.2) is 10.9 Å². The number of Topliss-reactive ketones (excluding diaryl/α,β-unsaturated/α-hetero) is 1. The summed E-state index contributed by atoms with van der Waals surface area (Å²) in [6.45, 7) is 5.90. The number of ketones is 1. The molecule has 2 heterocycles. The number of amides is 2. The van der Waals surface area contributed by atoms with Crippen LogP contribution in [0.1, 0.15) is 39.6 Å². The summed E-state index contributed by atoms with van der Waals surface area (Å²) >= 11 is 1.09. The van der Waals surface area contributed by atoms with E-state index in [2.05, 4.69) is 10.3 Å². The molecular weight excluding hydrogens is 456 g/mol. The van der Waals surface area contributed by atoms with Gasteiger partial charge in [0.2, 0.25) is 10.0 Å². The molecule has 1 N–H and O–H groups in total. The van der Waals surface area contributed by atoms with Crippen LogP contribution in [0, 0.1) is 6.92 Å². The van der Waals surface area contributed by atoms with Crippen molar-refractivity contribution in [3.05, 3.63) is 40.4 Å². The van der Waals surface area contributed by atoms with Gasteiger partial charge in [0, 0.05) is 38.7 Å². The third kappa shape index (κ3) is 5.14. The first-order chi connectivity index (χ1) is 15.1. The van der Waals surface area contributed by atoms with E-state index in [1.807, 2.05) is 0 Å². The fraction of sp³-hybridized carbons (Fsp3) is 0.400. The number of carbonyl (C=O) groups excluding carboxylic acids is 3. The number of aromatic nitrogens is 1. The molecule has 0 atom stereocenters. The van der Waals surface area contributed by atoms with E-state index in [1.165, 1.54) is 40.4 Å². The highest BCUT2D eigenvalue weighted by molar-refractivity contribution is 7.89. The van der Waals surface area contributed by atoms with Gasteiger partial charge in [0.25, 0.3) is 5.91 Å². The number of nitrogens with one attached hydrogen (secondary N) is 1. The Balaban J connectivity index is 1.65. The summed E-state index contributed by atoms with van der Waals surface area (Å²) in [7, 11) is -3.76. The molecule has 10 nitrogen and oxygen atoms in total. The maximum Gasteiger partial charge on any atom is 0.409 e. The molecule has 0 radical (unpaired) electrons. The number of benzene rings is 1. The molecule has 1 fully saturated rings. The molecule has 2 aromatic rings. The highest BCUT2D eigenvalue weighted by atomic mass is 32.2. The largest absolute Gasteiger partial charge is 0.450 e. The molecule has 1 aliphatic rings. The van der Waals surface area contributed by atoms with Crippen molar-refractivity contribution >= 4 is 44.3 Å². The Hall–Kier alpha value is -2.83. The van der Waals surface area contributed by atoms with Crippen LogP contribution in [0.4, 0.5) is 9.93 Å². The van der Waals surface area contributed by atoms with Crippen LogP contribution < -0.4 is 5.32 Å². The van der Waals surface area contributed by atoms with E-state index in [0.29, 0.717) is 15.7 Å². The summed E-state index contributed by atoms with van der Waals surface area (Å²) in [5, 5.41) is 2.93. The highest BCUT2D eigenvalue weighted by Crippen LogP contribution is 2.24. The van der Waals surface area contributed by atoms with E-state index in [0.717, 1.165) is 11.3 Å². The van der Waals surface area contributed by atoms with Crippen molar-refractivity contribution in [1.82, 2.24) is 14.2 Å². The van der Waals surface area contributed by atoms with Crippen molar-refractivity contribution in [1.29, 1.82) is 0 Å². The molecule has 172 valence electrons. The Morgan fingerprint density at radius 1 is 1.12 bits per heavy atom. The predicted molar refractivity (Wildman–Crippen MR) is 119 cm³/mol. The molecule has 12 heteroatoms. The van der Waals surface area contributed by atoms with Crippen LogP contribution >= 0.6 is 11.3 Å². The summed E-state index contributed by atoms with van der Waals surface area (Å²) in [4.78, 5) is 42.0. The monoisotopic (exact) mass is 480 g/mol. The van der Waals surface area contributed by atoms with Gasteiger partial charge in [-0.15, -0.1) is 0 Å². The van der Waals surface area contributed by atoms with Gasteiger partial charge in [-0.25, -0.2) is 18.2 Å². The normalized spacial score (nSPS) is 14.8. The van der Waals surface area contributed by atoms with Gasteiger partial charge in [0.05, 0.1) is 22.1 Å². The van der Waals surface area contributed by atoms with E-state index >= 15 is 0 Å². The first kappa shape index (κ1) is 23.8. The number of rotatable bonds is 6. The van der Waals surface area contributed by atoms with Gasteiger partial charge in [-0.3, -0.25) is 14.9 Å². The molecule has 1 aliphatic heterocycles. The number of piperazine rings is 1. The first-order valence-corrected chi connectivity index (χ1v) is 12.2. The zero-order valence-electron chi connectivity index (χ0n) is 18.0. The average Bonchev–Trinajstić information content (AvgIpc) is 3.14. The molecule has 0 unspecified atom stereocenters. The van der Waals surface area contributed by atoms with E-state index in [-0.39, 0.29) is 49.0 Å². The molecule has 0 saturated carbocycles. The molecule has 32 heavy (non-hydrogen) atoms. The molecule has 0 aliphatic carbocycles. The third-order valence-electron chi connectivity index (χ3n) is 4.86. The van der Waals surface area contributed by atoms with E-state index in [1.54, 1.807) is 13.8 Å². The molecule has 1 aromatic heterocycles. The number of carbonyl (C=O) groups is 3. The molecule has 1 saturated heterocycles. The summed E-state index contributed by atoms with van der Waals surface area (Å²) in [5.74, 6) is -0.584. The second-order valence-electron chi connectivity index (χ2n) is 7.06. The van der Waals surface area contributed by atoms with Crippen LogP contribution in [-0.4, -0.2) is 73.2 Å². The van der Waals surface area contributed by atoms with Gasteiger partial charge >= 0.3 is 6.09 Å². The van der Waals surface area contributed by atoms with Crippen molar-refractivity contribution in [3.8, 4) is 0 Å². The van der Waals surface area contributed by atoms with Crippen molar-refractivity contribution in [3.63, 3.8) is 0 Å². The summed E-state index contributed by atoms with van der Waals surface area (Å²) in [5.41, 5.74) is 0.801. The minimum absolute atomic E-state index is 0.0580. The fourth-order valence-corrected chi connectivity index (χ4v) is 5.48. The van der Waals surface area contributed by atoms with Gasteiger partial charge < -0.3 is 9.64 Å². The number of anilines is 1. The predicted octanol–water partition coefficient (Wildman–Crippen LogP) is 2.37. The maximum atomic E-state index is 12.9. The molecule has 0 bridgehead atoms. The summed E-state index contributed by atoms with van der Waals surface area (Å²) < 4.78 is 32.1. The second kappa shape index (κ2) is 9.76. The van der Waals surface area contributed by atoms with Crippen LogP contribution in [-0.2, 0) is 14.8 Å². The lowest BCUT2D eigenvalue weighted by Gasteiger charge is -2.33. The Morgan fingerprint density at radius 3 is 2.28 bits per heavy atom. The number of thiazole rings is 1. The zero-order chi connectivity index (χ0) is 23.5. The topological polar surface area (TPSA) is 126 Å². The van der Waals surface area contributed by atoms with Crippen LogP contribution in [0.25, 0.3) is 0 Å². The smallest absolute Gasteiger partial charge is 0.409 e. The standard InChI is InChI=1S/C20H24N4O6S2/c1-4-30-20(27)23-9-11-24(12-10-23)32(28,29)16-7-5-15(6-8-16)18(26)22-19-21-13(2)17(31-19)14(3)25/h5-8H,4,9-12H2,1-3H3,(H,21,22,26). The zero-order valence-corrected chi connectivity index (χ0v) is 19.6. The van der Waals surface area contributed by atoms with Crippen LogP contribution in [0.5, 0.6) is 0 Å². The number of ether oxygens (including phenoxy) is 1. The SMILES string of the molecule is CCOC(=O)N1CCN(S(=O)(=O)c2ccc(C(=O)Nc3nc(C)c(C(C)=O)s3)cc2)CC1. The number of nitrogens with zero attached hydrogens (tertiary/aromatic N) is 3. The number of hydrogen-bond donors (Lipinski definition) is 1. The van der Waals surface area contributed by atoms with Crippen LogP contribution in [0.15, 0.2) is 29.2 Å². The second-order valence-corrected chi connectivity index (χ2v) is 10.00. The quantitative estimate of drug-likeness (QED) is 0.629. The molecule has 2 amide bonds. The lowest BCUT2D eigenvalue weighted by molar-refractivity contribution is 0.0933. The third-order valence-corrected chi connectivity index (χ3v) is 7.94. The summed E-state index contributed by atoms with van der Waals surface area (Å²) in [6.07, 6.45) is -0.453. The van der Waals surface area contributed by atoms with Crippen molar-refractivity contribution in [2.45, 2.75) is 25.7 Å². The molecule has 3 rings (SSSR count). The fourth-order valence-electron chi connectivity index (χ4n) is 3.20. The number of aryl methyl sites for hydroxylation is 1. The average molecular weight is 481 g/mol. The van der Waals surface area contributed by atoms with Gasteiger partial charge in [-0.2, -0.15) is 4.31 Å². The van der Waals surface area contributed by atoms with Crippen molar-refractivity contribution in [2.24, 2.45) is 0 Å². The lowest BCUT2D eigenvalue weighted by atomic mass is 10.2. The molecule has 0 spiro atoms. The number of sulfonamides is 1. The Kier molecular flexibility index (Phi) is 7.26. The maximum absolute atomic E-state index is 12.9. The van der Waals surface area contributed by atoms with E-state index < -0.39 is 22.0 Å². The lowest BCUT2D eigenvalue weighted by Crippen LogP contribution is -2.50.